The third-order valence-electron chi connectivity index (χ3n) is 4.09. The van der Waals surface area contributed by atoms with Gasteiger partial charge < -0.3 is 25.8 Å². The van der Waals surface area contributed by atoms with Crippen molar-refractivity contribution in [2.24, 2.45) is 0 Å². The minimum absolute atomic E-state index is 0.110. The molecule has 1 aliphatic heterocycles. The van der Waals surface area contributed by atoms with Crippen molar-refractivity contribution in [1.29, 1.82) is 0 Å². The number of anilines is 1. The second-order valence-electron chi connectivity index (χ2n) is 5.84. The summed E-state index contributed by atoms with van der Waals surface area (Å²) in [6.45, 7) is 1.68. The zero-order valence-corrected chi connectivity index (χ0v) is 14.4. The molecule has 0 radical (unpaired) electrons. The number of hydrogen-bond acceptors (Lipinski definition) is 4. The number of phenolic OH excluding ortho intramolecular Hbond substituents is 1. The minimum Gasteiger partial charge on any atom is -0.508 e. The summed E-state index contributed by atoms with van der Waals surface area (Å²) in [6.07, 6.45) is 0. The van der Waals surface area contributed by atoms with Crippen LogP contribution in [0, 0.1) is 0 Å². The number of amides is 3. The van der Waals surface area contributed by atoms with E-state index in [0.717, 1.165) is 0 Å². The summed E-state index contributed by atoms with van der Waals surface area (Å²) < 4.78 is 5.10. The molecule has 2 aromatic rings. The maximum absolute atomic E-state index is 12.8. The summed E-state index contributed by atoms with van der Waals surface area (Å²) in [5, 5.41) is 17.7. The van der Waals surface area contributed by atoms with Gasteiger partial charge in [0.25, 0.3) is 5.91 Å². The second-order valence-corrected chi connectivity index (χ2v) is 5.84. The van der Waals surface area contributed by atoms with Gasteiger partial charge in [-0.05, 0) is 48.9 Å². The van der Waals surface area contributed by atoms with Crippen molar-refractivity contribution in [1.82, 2.24) is 10.6 Å². The maximum atomic E-state index is 12.8. The Labute approximate surface area is 150 Å². The van der Waals surface area contributed by atoms with E-state index in [0.29, 0.717) is 28.3 Å². The highest BCUT2D eigenvalue weighted by atomic mass is 16.5. The van der Waals surface area contributed by atoms with E-state index in [4.69, 9.17) is 4.74 Å². The molecule has 0 aromatic heterocycles. The molecule has 0 bridgehead atoms. The number of benzene rings is 2. The molecule has 1 atom stereocenters. The van der Waals surface area contributed by atoms with Crippen molar-refractivity contribution >= 4 is 17.6 Å². The molecule has 0 unspecified atom stereocenters. The normalized spacial score (nSPS) is 16.5. The Morgan fingerprint density at radius 3 is 2.38 bits per heavy atom. The Bertz CT molecular complexity index is 857. The molecule has 3 rings (SSSR count). The van der Waals surface area contributed by atoms with Crippen LogP contribution in [0.25, 0.3) is 0 Å². The van der Waals surface area contributed by atoms with Crippen LogP contribution in [-0.4, -0.2) is 24.2 Å². The molecule has 7 heteroatoms. The first-order chi connectivity index (χ1) is 12.5. The zero-order chi connectivity index (χ0) is 18.7. The first kappa shape index (κ1) is 17.3. The largest absolute Gasteiger partial charge is 0.508 e. The Balaban J connectivity index is 1.89. The lowest BCUT2D eigenvalue weighted by Crippen LogP contribution is -2.45. The number of carbonyl (C=O) groups excluding carboxylic acids is 2. The van der Waals surface area contributed by atoms with Gasteiger partial charge in [-0.25, -0.2) is 4.79 Å². The van der Waals surface area contributed by atoms with Crippen molar-refractivity contribution < 1.29 is 19.4 Å². The van der Waals surface area contributed by atoms with Crippen LogP contribution in [0.1, 0.15) is 18.5 Å². The van der Waals surface area contributed by atoms with Gasteiger partial charge in [0, 0.05) is 11.4 Å². The van der Waals surface area contributed by atoms with Crippen molar-refractivity contribution in [2.45, 2.75) is 13.0 Å². The van der Waals surface area contributed by atoms with Gasteiger partial charge in [-0.1, -0.05) is 12.1 Å². The molecule has 0 saturated heterocycles. The Morgan fingerprint density at radius 2 is 1.77 bits per heavy atom. The van der Waals surface area contributed by atoms with Gasteiger partial charge in [0.1, 0.15) is 11.5 Å². The number of ether oxygens (including phenoxy) is 1. The summed E-state index contributed by atoms with van der Waals surface area (Å²) in [5.74, 6) is 0.462. The molecular weight excluding hydrogens is 334 g/mol. The van der Waals surface area contributed by atoms with Crippen LogP contribution in [0.2, 0.25) is 0 Å². The van der Waals surface area contributed by atoms with Crippen LogP contribution in [0.3, 0.4) is 0 Å². The minimum atomic E-state index is -0.623. The molecule has 134 valence electrons. The smallest absolute Gasteiger partial charge is 0.319 e. The number of rotatable bonds is 4. The molecule has 0 fully saturated rings. The highest BCUT2D eigenvalue weighted by molar-refractivity contribution is 6.06. The van der Waals surface area contributed by atoms with Gasteiger partial charge in [0.15, 0.2) is 0 Å². The molecule has 26 heavy (non-hydrogen) atoms. The standard InChI is InChI=1S/C19H19N3O4/c1-11-16(18(24)21-13-5-9-15(26-2)10-6-13)17(22-19(25)20-11)12-3-7-14(23)8-4-12/h3-10,17,23H,1-2H3,(H,21,24)(H2,20,22,25)/t17-/m1/s1. The van der Waals surface area contributed by atoms with Crippen LogP contribution in [0.15, 0.2) is 59.8 Å². The van der Waals surface area contributed by atoms with Crippen LogP contribution in [0.4, 0.5) is 10.5 Å². The lowest BCUT2D eigenvalue weighted by atomic mass is 9.94. The summed E-state index contributed by atoms with van der Waals surface area (Å²) in [6, 6.07) is 12.3. The number of carbonyl (C=O) groups is 2. The van der Waals surface area contributed by atoms with Crippen LogP contribution in [-0.2, 0) is 4.79 Å². The van der Waals surface area contributed by atoms with Gasteiger partial charge >= 0.3 is 6.03 Å². The number of hydrogen-bond donors (Lipinski definition) is 4. The molecule has 3 amide bonds. The molecule has 0 saturated carbocycles. The zero-order valence-electron chi connectivity index (χ0n) is 14.4. The number of urea groups is 1. The van der Waals surface area contributed by atoms with E-state index < -0.39 is 6.04 Å². The van der Waals surface area contributed by atoms with Gasteiger partial charge in [0.05, 0.1) is 18.7 Å². The van der Waals surface area contributed by atoms with E-state index in [9.17, 15) is 14.7 Å². The van der Waals surface area contributed by atoms with E-state index in [1.54, 1.807) is 50.4 Å². The predicted molar refractivity (Wildman–Crippen MR) is 96.8 cm³/mol. The molecule has 1 heterocycles. The van der Waals surface area contributed by atoms with E-state index >= 15 is 0 Å². The van der Waals surface area contributed by atoms with Gasteiger partial charge in [0.2, 0.25) is 0 Å². The monoisotopic (exact) mass is 353 g/mol. The summed E-state index contributed by atoms with van der Waals surface area (Å²) >= 11 is 0. The maximum Gasteiger partial charge on any atom is 0.319 e. The van der Waals surface area contributed by atoms with Crippen molar-refractivity contribution in [3.05, 3.63) is 65.4 Å². The van der Waals surface area contributed by atoms with Crippen molar-refractivity contribution in [3.63, 3.8) is 0 Å². The Hall–Kier alpha value is -3.48. The van der Waals surface area contributed by atoms with E-state index in [-0.39, 0.29) is 17.7 Å². The first-order valence-electron chi connectivity index (χ1n) is 8.00. The fourth-order valence-electron chi connectivity index (χ4n) is 2.78. The quantitative estimate of drug-likeness (QED) is 0.679. The number of allylic oxidation sites excluding steroid dienone is 1. The lowest BCUT2D eigenvalue weighted by molar-refractivity contribution is -0.113. The Morgan fingerprint density at radius 1 is 1.12 bits per heavy atom. The second kappa shape index (κ2) is 7.18. The Kier molecular flexibility index (Phi) is 4.79. The van der Waals surface area contributed by atoms with E-state index in [2.05, 4.69) is 16.0 Å². The number of aromatic hydroxyl groups is 1. The molecule has 0 aliphatic carbocycles. The van der Waals surface area contributed by atoms with Gasteiger partial charge in [-0.15, -0.1) is 0 Å². The van der Waals surface area contributed by atoms with Crippen molar-refractivity contribution in [3.8, 4) is 11.5 Å². The summed E-state index contributed by atoms with van der Waals surface area (Å²) in [7, 11) is 1.57. The fraction of sp³-hybridized carbons (Fsp3) is 0.158. The third kappa shape index (κ3) is 3.61. The molecule has 7 nitrogen and oxygen atoms in total. The SMILES string of the molecule is COc1ccc(NC(=O)C2=C(C)NC(=O)N[C@@H]2c2ccc(O)cc2)cc1. The van der Waals surface area contributed by atoms with Gasteiger partial charge in [-0.2, -0.15) is 0 Å². The molecule has 1 aliphatic rings. The molecule has 4 N–H and O–H groups in total. The number of nitrogens with one attached hydrogen (secondary N) is 3. The average Bonchev–Trinajstić information content (AvgIpc) is 2.62. The van der Waals surface area contributed by atoms with Crippen LogP contribution >= 0.6 is 0 Å². The lowest BCUT2D eigenvalue weighted by Gasteiger charge is -2.28. The van der Waals surface area contributed by atoms with Crippen LogP contribution in [0.5, 0.6) is 11.5 Å². The molecular formula is C19H19N3O4. The number of phenols is 1. The average molecular weight is 353 g/mol. The highest BCUT2D eigenvalue weighted by Crippen LogP contribution is 2.29. The topological polar surface area (TPSA) is 99.7 Å². The first-order valence-corrected chi connectivity index (χ1v) is 8.00. The molecule has 2 aromatic carbocycles. The van der Waals surface area contributed by atoms with E-state index in [1.165, 1.54) is 12.1 Å². The molecule has 0 spiro atoms. The fourth-order valence-corrected chi connectivity index (χ4v) is 2.78. The van der Waals surface area contributed by atoms with Crippen molar-refractivity contribution in [2.75, 3.05) is 12.4 Å². The van der Waals surface area contributed by atoms with Gasteiger partial charge in [-0.3, -0.25) is 4.79 Å². The van der Waals surface area contributed by atoms with Crippen LogP contribution < -0.4 is 20.7 Å². The summed E-state index contributed by atoms with van der Waals surface area (Å²) in [5.41, 5.74) is 2.17. The number of methoxy groups -OCH3 is 1. The highest BCUT2D eigenvalue weighted by Gasteiger charge is 2.31. The third-order valence-corrected chi connectivity index (χ3v) is 4.09. The predicted octanol–water partition coefficient (Wildman–Crippen LogP) is 2.67. The summed E-state index contributed by atoms with van der Waals surface area (Å²) in [4.78, 5) is 24.7. The van der Waals surface area contributed by atoms with E-state index in [1.807, 2.05) is 0 Å².